The van der Waals surface area contributed by atoms with Gasteiger partial charge in [-0.15, -0.1) is 0 Å². The minimum absolute atomic E-state index is 0.00105. The summed E-state index contributed by atoms with van der Waals surface area (Å²) >= 11 is 0. The molecule has 0 aromatic carbocycles. The summed E-state index contributed by atoms with van der Waals surface area (Å²) in [7, 11) is 0. The molecule has 0 aliphatic heterocycles. The smallest absolute Gasteiger partial charge is 0.313 e. The Morgan fingerprint density at radius 2 is 2.00 bits per heavy atom. The van der Waals surface area contributed by atoms with Gasteiger partial charge < -0.3 is 9.88 Å². The lowest BCUT2D eigenvalue weighted by atomic mass is 10.2. The summed E-state index contributed by atoms with van der Waals surface area (Å²) in [5.41, 5.74) is -1.21. The van der Waals surface area contributed by atoms with Crippen LogP contribution in [0.3, 0.4) is 0 Å². The molecule has 0 saturated heterocycles. The summed E-state index contributed by atoms with van der Waals surface area (Å²) in [6.45, 7) is 4.98. The summed E-state index contributed by atoms with van der Waals surface area (Å²) in [5.74, 6) is 0. The molecule has 0 aliphatic rings. The summed E-state index contributed by atoms with van der Waals surface area (Å²) in [5, 5.41) is 3.21. The van der Waals surface area contributed by atoms with Gasteiger partial charge in [0.25, 0.3) is 5.56 Å². The van der Waals surface area contributed by atoms with Gasteiger partial charge in [-0.3, -0.25) is 4.79 Å². The van der Waals surface area contributed by atoms with E-state index in [1.807, 2.05) is 13.8 Å². The molecular formula is C13H19F3N2O. The Morgan fingerprint density at radius 3 is 2.53 bits per heavy atom. The van der Waals surface area contributed by atoms with E-state index in [1.165, 1.54) is 0 Å². The lowest BCUT2D eigenvalue weighted by Crippen LogP contribution is -2.36. The number of nitrogens with zero attached hydrogens (tertiary/aromatic N) is 1. The van der Waals surface area contributed by atoms with Crippen molar-refractivity contribution in [1.82, 2.24) is 9.88 Å². The maximum absolute atomic E-state index is 12.6. The largest absolute Gasteiger partial charge is 0.417 e. The van der Waals surface area contributed by atoms with Crippen LogP contribution in [0.25, 0.3) is 0 Å². The second-order valence-electron chi connectivity index (χ2n) is 4.47. The van der Waals surface area contributed by atoms with Gasteiger partial charge in [0.15, 0.2) is 0 Å². The number of rotatable bonds is 6. The van der Waals surface area contributed by atoms with Crippen molar-refractivity contribution in [2.24, 2.45) is 0 Å². The minimum atomic E-state index is -4.42. The first-order chi connectivity index (χ1) is 8.88. The topological polar surface area (TPSA) is 34.0 Å². The van der Waals surface area contributed by atoms with Crippen LogP contribution in [0.1, 0.15) is 32.3 Å². The minimum Gasteiger partial charge on any atom is -0.313 e. The van der Waals surface area contributed by atoms with Gasteiger partial charge >= 0.3 is 6.18 Å². The Kier molecular flexibility index (Phi) is 5.60. The first-order valence-corrected chi connectivity index (χ1v) is 6.39. The van der Waals surface area contributed by atoms with Gasteiger partial charge in [0.2, 0.25) is 0 Å². The van der Waals surface area contributed by atoms with Gasteiger partial charge in [-0.05, 0) is 25.5 Å². The summed E-state index contributed by atoms with van der Waals surface area (Å²) < 4.78 is 38.9. The van der Waals surface area contributed by atoms with E-state index in [-0.39, 0.29) is 12.6 Å². The molecule has 0 saturated carbocycles. The summed E-state index contributed by atoms with van der Waals surface area (Å²) in [4.78, 5) is 11.6. The van der Waals surface area contributed by atoms with Crippen LogP contribution in [0, 0.1) is 0 Å². The first kappa shape index (κ1) is 15.8. The maximum Gasteiger partial charge on any atom is 0.417 e. The van der Waals surface area contributed by atoms with Crippen molar-refractivity contribution in [2.75, 3.05) is 6.54 Å². The van der Waals surface area contributed by atoms with Crippen LogP contribution in [0.2, 0.25) is 0 Å². The van der Waals surface area contributed by atoms with Crippen molar-refractivity contribution < 1.29 is 13.2 Å². The molecular weight excluding hydrogens is 257 g/mol. The van der Waals surface area contributed by atoms with Gasteiger partial charge in [-0.2, -0.15) is 13.2 Å². The van der Waals surface area contributed by atoms with Crippen LogP contribution < -0.4 is 10.9 Å². The molecule has 6 heteroatoms. The number of aromatic nitrogens is 1. The molecule has 1 aromatic rings. The molecule has 108 valence electrons. The zero-order chi connectivity index (χ0) is 14.5. The van der Waals surface area contributed by atoms with Crippen molar-refractivity contribution in [3.05, 3.63) is 34.2 Å². The fourth-order valence-corrected chi connectivity index (χ4v) is 1.77. The molecule has 1 unspecified atom stereocenters. The molecule has 0 bridgehead atoms. The van der Waals surface area contributed by atoms with Crippen LogP contribution in [0.15, 0.2) is 23.1 Å². The van der Waals surface area contributed by atoms with Crippen molar-refractivity contribution >= 4 is 0 Å². The lowest BCUT2D eigenvalue weighted by molar-refractivity contribution is -0.138. The lowest BCUT2D eigenvalue weighted by Gasteiger charge is -2.18. The van der Waals surface area contributed by atoms with Crippen LogP contribution in [0.4, 0.5) is 13.2 Å². The Bertz CT molecular complexity index is 454. The Morgan fingerprint density at radius 1 is 1.32 bits per heavy atom. The highest BCUT2D eigenvalue weighted by atomic mass is 19.4. The molecule has 0 spiro atoms. The van der Waals surface area contributed by atoms with E-state index >= 15 is 0 Å². The number of pyridine rings is 1. The zero-order valence-electron chi connectivity index (χ0n) is 11.1. The van der Waals surface area contributed by atoms with E-state index in [9.17, 15) is 18.0 Å². The molecule has 0 fully saturated rings. The van der Waals surface area contributed by atoms with Gasteiger partial charge in [0.05, 0.1) is 5.56 Å². The van der Waals surface area contributed by atoms with Crippen molar-refractivity contribution in [3.63, 3.8) is 0 Å². The molecule has 1 rings (SSSR count). The van der Waals surface area contributed by atoms with E-state index in [2.05, 4.69) is 5.32 Å². The van der Waals surface area contributed by atoms with E-state index in [0.29, 0.717) is 0 Å². The number of nitrogens with one attached hydrogen (secondary N) is 1. The van der Waals surface area contributed by atoms with Crippen molar-refractivity contribution in [2.45, 2.75) is 45.5 Å². The molecule has 1 aromatic heterocycles. The predicted molar refractivity (Wildman–Crippen MR) is 68.1 cm³/mol. The highest BCUT2D eigenvalue weighted by molar-refractivity contribution is 5.13. The van der Waals surface area contributed by atoms with Crippen LogP contribution in [-0.4, -0.2) is 17.2 Å². The maximum atomic E-state index is 12.6. The van der Waals surface area contributed by atoms with Crippen LogP contribution >= 0.6 is 0 Å². The molecule has 0 amide bonds. The highest BCUT2D eigenvalue weighted by Crippen LogP contribution is 2.28. The third-order valence-electron chi connectivity index (χ3n) is 2.90. The quantitative estimate of drug-likeness (QED) is 0.866. The SMILES string of the molecule is CCCNC(CC)Cn1cc(C(F)(F)F)ccc1=O. The van der Waals surface area contributed by atoms with Crippen LogP contribution in [-0.2, 0) is 12.7 Å². The van der Waals surface area contributed by atoms with E-state index < -0.39 is 17.3 Å². The molecule has 0 radical (unpaired) electrons. The predicted octanol–water partition coefficient (Wildman–Crippen LogP) is 2.65. The number of hydrogen-bond acceptors (Lipinski definition) is 2. The van der Waals surface area contributed by atoms with Gasteiger partial charge in [-0.1, -0.05) is 13.8 Å². The number of halogens is 3. The Hall–Kier alpha value is -1.30. The normalized spacial score (nSPS) is 13.5. The van der Waals surface area contributed by atoms with Crippen molar-refractivity contribution in [1.29, 1.82) is 0 Å². The Labute approximate surface area is 110 Å². The standard InChI is InChI=1S/C13H19F3N2O/c1-3-7-17-11(4-2)9-18-8-10(13(14,15)16)5-6-12(18)19/h5-6,8,11,17H,3-4,7,9H2,1-2H3. The average molecular weight is 276 g/mol. The Balaban J connectivity index is 2.90. The average Bonchev–Trinajstić information content (AvgIpc) is 2.35. The fraction of sp³-hybridized carbons (Fsp3) is 0.615. The zero-order valence-corrected chi connectivity index (χ0v) is 11.1. The number of hydrogen-bond donors (Lipinski definition) is 1. The highest BCUT2D eigenvalue weighted by Gasteiger charge is 2.31. The van der Waals surface area contributed by atoms with Gasteiger partial charge in [0.1, 0.15) is 0 Å². The molecule has 1 heterocycles. The first-order valence-electron chi connectivity index (χ1n) is 6.39. The molecule has 1 N–H and O–H groups in total. The van der Waals surface area contributed by atoms with Crippen molar-refractivity contribution in [3.8, 4) is 0 Å². The summed E-state index contributed by atoms with van der Waals surface area (Å²) in [6, 6.07) is 1.79. The number of alkyl halides is 3. The van der Waals surface area contributed by atoms with E-state index in [4.69, 9.17) is 0 Å². The third-order valence-corrected chi connectivity index (χ3v) is 2.90. The second kappa shape index (κ2) is 6.75. The second-order valence-corrected chi connectivity index (χ2v) is 4.47. The van der Waals surface area contributed by atoms with Gasteiger partial charge in [-0.25, -0.2) is 0 Å². The third kappa shape index (κ3) is 4.70. The summed E-state index contributed by atoms with van der Waals surface area (Å²) in [6.07, 6.45) is -1.84. The fourth-order valence-electron chi connectivity index (χ4n) is 1.77. The molecule has 1 atom stereocenters. The van der Waals surface area contributed by atoms with E-state index in [0.717, 1.165) is 42.3 Å². The van der Waals surface area contributed by atoms with Crippen LogP contribution in [0.5, 0.6) is 0 Å². The van der Waals surface area contributed by atoms with E-state index in [1.54, 1.807) is 0 Å². The molecule has 3 nitrogen and oxygen atoms in total. The molecule has 0 aliphatic carbocycles. The molecule has 19 heavy (non-hydrogen) atoms. The monoisotopic (exact) mass is 276 g/mol. The van der Waals surface area contributed by atoms with Gasteiger partial charge in [0, 0.05) is 24.8 Å².